The van der Waals surface area contributed by atoms with Crippen LogP contribution in [0.5, 0.6) is 0 Å². The monoisotopic (exact) mass is 392 g/mol. The van der Waals surface area contributed by atoms with Crippen LogP contribution < -0.4 is 5.32 Å². The van der Waals surface area contributed by atoms with E-state index in [0.29, 0.717) is 37.7 Å². The fourth-order valence-electron chi connectivity index (χ4n) is 2.54. The van der Waals surface area contributed by atoms with Crippen LogP contribution in [0, 0.1) is 11.3 Å². The summed E-state index contributed by atoms with van der Waals surface area (Å²) in [4.78, 5) is 4.38. The SMILES string of the molecule is CCN(CC)S(=O)(=O)c1ccc(-c2nc(C#N)c(NCCCOC)o2)cc1. The molecule has 0 aliphatic rings. The van der Waals surface area contributed by atoms with Crippen molar-refractivity contribution in [3.8, 4) is 17.5 Å². The van der Waals surface area contributed by atoms with Crippen molar-refractivity contribution < 1.29 is 17.6 Å². The van der Waals surface area contributed by atoms with Crippen LogP contribution in [0.4, 0.5) is 5.88 Å². The maximum Gasteiger partial charge on any atom is 0.243 e. The van der Waals surface area contributed by atoms with E-state index in [1.54, 1.807) is 33.1 Å². The van der Waals surface area contributed by atoms with Gasteiger partial charge in [0.1, 0.15) is 6.07 Å². The van der Waals surface area contributed by atoms with Crippen molar-refractivity contribution in [3.63, 3.8) is 0 Å². The molecule has 2 aromatic rings. The fraction of sp³-hybridized carbons (Fsp3) is 0.444. The highest BCUT2D eigenvalue weighted by molar-refractivity contribution is 7.89. The molecule has 0 fully saturated rings. The first kappa shape index (κ1) is 20.9. The first-order valence-corrected chi connectivity index (χ1v) is 10.2. The molecule has 0 saturated heterocycles. The van der Waals surface area contributed by atoms with E-state index in [0.717, 1.165) is 6.42 Å². The molecule has 27 heavy (non-hydrogen) atoms. The summed E-state index contributed by atoms with van der Waals surface area (Å²) in [5, 5.41) is 12.2. The number of nitrogens with one attached hydrogen (secondary N) is 1. The highest BCUT2D eigenvalue weighted by Gasteiger charge is 2.22. The first-order valence-electron chi connectivity index (χ1n) is 8.72. The molecule has 0 radical (unpaired) electrons. The van der Waals surface area contributed by atoms with Crippen molar-refractivity contribution in [2.24, 2.45) is 0 Å². The molecule has 1 aromatic heterocycles. The molecule has 0 unspecified atom stereocenters. The van der Waals surface area contributed by atoms with Gasteiger partial charge in [-0.25, -0.2) is 8.42 Å². The van der Waals surface area contributed by atoms with E-state index >= 15 is 0 Å². The molecule has 0 saturated carbocycles. The minimum absolute atomic E-state index is 0.155. The molecule has 1 aromatic carbocycles. The van der Waals surface area contributed by atoms with E-state index in [4.69, 9.17) is 9.15 Å². The molecule has 2 rings (SSSR count). The van der Waals surface area contributed by atoms with E-state index < -0.39 is 10.0 Å². The molecule has 0 aliphatic carbocycles. The Balaban J connectivity index is 2.22. The van der Waals surface area contributed by atoms with Gasteiger partial charge in [0.2, 0.25) is 27.5 Å². The molecule has 146 valence electrons. The van der Waals surface area contributed by atoms with Crippen molar-refractivity contribution >= 4 is 15.9 Å². The molecule has 0 atom stereocenters. The van der Waals surface area contributed by atoms with Crippen LogP contribution >= 0.6 is 0 Å². The van der Waals surface area contributed by atoms with Gasteiger partial charge in [0.25, 0.3) is 0 Å². The third-order valence-corrected chi connectivity index (χ3v) is 6.05. The Morgan fingerprint density at radius 2 is 1.93 bits per heavy atom. The minimum atomic E-state index is -3.52. The van der Waals surface area contributed by atoms with E-state index in [2.05, 4.69) is 10.3 Å². The summed E-state index contributed by atoms with van der Waals surface area (Å²) in [6.07, 6.45) is 0.759. The van der Waals surface area contributed by atoms with E-state index in [-0.39, 0.29) is 16.5 Å². The van der Waals surface area contributed by atoms with Gasteiger partial charge in [-0.1, -0.05) is 13.8 Å². The van der Waals surface area contributed by atoms with Crippen LogP contribution in [0.15, 0.2) is 33.6 Å². The van der Waals surface area contributed by atoms with Crippen molar-refractivity contribution in [3.05, 3.63) is 30.0 Å². The molecule has 8 nitrogen and oxygen atoms in total. The van der Waals surface area contributed by atoms with Gasteiger partial charge in [-0.15, -0.1) is 0 Å². The topological polar surface area (TPSA) is 108 Å². The molecule has 0 aliphatic heterocycles. The lowest BCUT2D eigenvalue weighted by Gasteiger charge is -2.18. The Kier molecular flexibility index (Phi) is 7.36. The second-order valence-electron chi connectivity index (χ2n) is 5.70. The smallest absolute Gasteiger partial charge is 0.243 e. The number of aromatic nitrogens is 1. The maximum atomic E-state index is 12.5. The molecule has 1 N–H and O–H groups in total. The van der Waals surface area contributed by atoms with Crippen LogP contribution in [-0.2, 0) is 14.8 Å². The zero-order chi connectivity index (χ0) is 19.9. The van der Waals surface area contributed by atoms with Crippen molar-refractivity contribution in [2.45, 2.75) is 25.2 Å². The van der Waals surface area contributed by atoms with E-state index in [1.807, 2.05) is 6.07 Å². The van der Waals surface area contributed by atoms with Crippen LogP contribution in [0.1, 0.15) is 26.0 Å². The van der Waals surface area contributed by atoms with Gasteiger partial charge in [-0.05, 0) is 30.7 Å². The molecule has 0 amide bonds. The summed E-state index contributed by atoms with van der Waals surface area (Å²) >= 11 is 0. The van der Waals surface area contributed by atoms with Crippen molar-refractivity contribution in [1.82, 2.24) is 9.29 Å². The number of nitriles is 1. The number of rotatable bonds is 10. The van der Waals surface area contributed by atoms with Gasteiger partial charge in [0.15, 0.2) is 0 Å². The van der Waals surface area contributed by atoms with Gasteiger partial charge in [-0.3, -0.25) is 0 Å². The second-order valence-corrected chi connectivity index (χ2v) is 7.63. The summed E-state index contributed by atoms with van der Waals surface area (Å²) < 4.78 is 37.1. The van der Waals surface area contributed by atoms with Gasteiger partial charge >= 0.3 is 0 Å². The number of anilines is 1. The second kappa shape index (κ2) is 9.50. The predicted molar refractivity (Wildman–Crippen MR) is 102 cm³/mol. The van der Waals surface area contributed by atoms with Crippen LogP contribution in [0.2, 0.25) is 0 Å². The molecule has 0 spiro atoms. The minimum Gasteiger partial charge on any atom is -0.419 e. The fourth-order valence-corrected chi connectivity index (χ4v) is 4.00. The van der Waals surface area contributed by atoms with Crippen molar-refractivity contribution in [1.29, 1.82) is 5.26 Å². The zero-order valence-electron chi connectivity index (χ0n) is 15.7. The largest absolute Gasteiger partial charge is 0.419 e. The Labute approximate surface area is 159 Å². The summed E-state index contributed by atoms with van der Waals surface area (Å²) in [6, 6.07) is 8.27. The maximum absolute atomic E-state index is 12.5. The van der Waals surface area contributed by atoms with E-state index in [1.165, 1.54) is 16.4 Å². The summed E-state index contributed by atoms with van der Waals surface area (Å²) in [7, 11) is -1.90. The Morgan fingerprint density at radius 1 is 1.26 bits per heavy atom. The number of ether oxygens (including phenoxy) is 1. The zero-order valence-corrected chi connectivity index (χ0v) is 16.5. The standard InChI is InChI=1S/C18H24N4O4S/c1-4-22(5-2)27(23,24)15-9-7-14(8-10-15)17-21-16(13-19)18(26-17)20-11-6-12-25-3/h7-10,20H,4-6,11-12H2,1-3H3. The average Bonchev–Trinajstić information content (AvgIpc) is 3.09. The molecule has 0 bridgehead atoms. The lowest BCUT2D eigenvalue weighted by molar-refractivity contribution is 0.197. The first-order chi connectivity index (χ1) is 13.0. The molecular formula is C18H24N4O4S. The quantitative estimate of drug-likeness (QED) is 0.619. The third kappa shape index (κ3) is 4.86. The molecular weight excluding hydrogens is 368 g/mol. The number of methoxy groups -OCH3 is 1. The number of benzene rings is 1. The predicted octanol–water partition coefficient (Wildman–Crippen LogP) is 2.69. The lowest BCUT2D eigenvalue weighted by atomic mass is 10.2. The lowest BCUT2D eigenvalue weighted by Crippen LogP contribution is -2.30. The number of sulfonamides is 1. The van der Waals surface area contributed by atoms with Gasteiger partial charge < -0.3 is 14.5 Å². The normalized spacial score (nSPS) is 11.5. The summed E-state index contributed by atoms with van der Waals surface area (Å²) in [5.74, 6) is 0.552. The summed E-state index contributed by atoms with van der Waals surface area (Å²) in [6.45, 7) is 5.59. The van der Waals surface area contributed by atoms with Crippen LogP contribution in [0.25, 0.3) is 11.5 Å². The van der Waals surface area contributed by atoms with Crippen LogP contribution in [0.3, 0.4) is 0 Å². The highest BCUT2D eigenvalue weighted by Crippen LogP contribution is 2.27. The van der Waals surface area contributed by atoms with Crippen molar-refractivity contribution in [2.75, 3.05) is 38.7 Å². The van der Waals surface area contributed by atoms with Gasteiger partial charge in [0, 0.05) is 38.9 Å². The number of oxazole rings is 1. The Bertz CT molecular complexity index is 881. The third-order valence-electron chi connectivity index (χ3n) is 3.99. The number of hydrogen-bond acceptors (Lipinski definition) is 7. The Hall–Kier alpha value is -2.41. The number of nitrogens with zero attached hydrogens (tertiary/aromatic N) is 3. The number of hydrogen-bond donors (Lipinski definition) is 1. The van der Waals surface area contributed by atoms with Gasteiger partial charge in [-0.2, -0.15) is 14.6 Å². The Morgan fingerprint density at radius 3 is 2.48 bits per heavy atom. The molecule has 9 heteroatoms. The summed E-state index contributed by atoms with van der Waals surface area (Å²) in [5.41, 5.74) is 0.747. The average molecular weight is 392 g/mol. The van der Waals surface area contributed by atoms with Gasteiger partial charge in [0.05, 0.1) is 4.90 Å². The van der Waals surface area contributed by atoms with E-state index in [9.17, 15) is 13.7 Å². The highest BCUT2D eigenvalue weighted by atomic mass is 32.2. The molecule has 1 heterocycles. The van der Waals surface area contributed by atoms with Crippen LogP contribution in [-0.4, -0.2) is 51.1 Å².